The standard InChI is InChI=1S/C15H28N2O3/c1-5-8-15(13(18)19)9-10-17(11-15)14(20)16(4)12(6-2)7-3/h12H,5-11H2,1-4H3,(H,18,19). The minimum Gasteiger partial charge on any atom is -0.481 e. The zero-order valence-electron chi connectivity index (χ0n) is 13.2. The predicted octanol–water partition coefficient (Wildman–Crippen LogP) is 2.80. The van der Waals surface area contributed by atoms with Crippen molar-refractivity contribution in [2.24, 2.45) is 5.41 Å². The molecule has 1 saturated heterocycles. The number of likely N-dealkylation sites (tertiary alicyclic amines) is 1. The number of carboxylic acid groups (broad SMARTS) is 1. The number of amides is 2. The van der Waals surface area contributed by atoms with Gasteiger partial charge in [-0.1, -0.05) is 27.2 Å². The van der Waals surface area contributed by atoms with Crippen LogP contribution in [-0.4, -0.2) is 53.1 Å². The Morgan fingerprint density at radius 3 is 2.35 bits per heavy atom. The molecular formula is C15H28N2O3. The fraction of sp³-hybridized carbons (Fsp3) is 0.867. The molecule has 1 rings (SSSR count). The predicted molar refractivity (Wildman–Crippen MR) is 78.7 cm³/mol. The highest BCUT2D eigenvalue weighted by molar-refractivity contribution is 5.79. The van der Waals surface area contributed by atoms with Crippen molar-refractivity contribution in [3.8, 4) is 0 Å². The van der Waals surface area contributed by atoms with Crippen LogP contribution in [0.2, 0.25) is 0 Å². The topological polar surface area (TPSA) is 60.9 Å². The number of carbonyl (C=O) groups is 2. The van der Waals surface area contributed by atoms with Gasteiger partial charge in [0.15, 0.2) is 0 Å². The van der Waals surface area contributed by atoms with Crippen LogP contribution in [0.3, 0.4) is 0 Å². The van der Waals surface area contributed by atoms with Crippen LogP contribution in [-0.2, 0) is 4.79 Å². The summed E-state index contributed by atoms with van der Waals surface area (Å²) in [5, 5.41) is 9.48. The monoisotopic (exact) mass is 284 g/mol. The van der Waals surface area contributed by atoms with Crippen LogP contribution in [0.4, 0.5) is 4.79 Å². The van der Waals surface area contributed by atoms with Gasteiger partial charge in [0.25, 0.3) is 0 Å². The van der Waals surface area contributed by atoms with Crippen LogP contribution in [0.15, 0.2) is 0 Å². The fourth-order valence-electron chi connectivity index (χ4n) is 3.22. The first-order valence-corrected chi connectivity index (χ1v) is 7.67. The lowest BCUT2D eigenvalue weighted by Crippen LogP contribution is -2.46. The Kier molecular flexibility index (Phi) is 5.84. The van der Waals surface area contributed by atoms with Gasteiger partial charge in [0, 0.05) is 26.2 Å². The molecule has 0 aromatic carbocycles. The summed E-state index contributed by atoms with van der Waals surface area (Å²) in [6.45, 7) is 7.03. The maximum Gasteiger partial charge on any atom is 0.320 e. The second kappa shape index (κ2) is 6.95. The summed E-state index contributed by atoms with van der Waals surface area (Å²) in [5.41, 5.74) is -0.737. The number of carbonyl (C=O) groups excluding carboxylic acids is 1. The van der Waals surface area contributed by atoms with Crippen LogP contribution in [0, 0.1) is 5.41 Å². The highest BCUT2D eigenvalue weighted by Gasteiger charge is 2.46. The maximum atomic E-state index is 12.5. The summed E-state index contributed by atoms with van der Waals surface area (Å²) < 4.78 is 0. The first-order valence-electron chi connectivity index (χ1n) is 7.67. The highest BCUT2D eigenvalue weighted by Crippen LogP contribution is 2.36. The van der Waals surface area contributed by atoms with Crippen molar-refractivity contribution in [3.63, 3.8) is 0 Å². The zero-order chi connectivity index (χ0) is 15.3. The summed E-state index contributed by atoms with van der Waals surface area (Å²) in [7, 11) is 1.82. The van der Waals surface area contributed by atoms with Crippen LogP contribution in [0.5, 0.6) is 0 Å². The van der Waals surface area contributed by atoms with Gasteiger partial charge in [0.1, 0.15) is 0 Å². The van der Waals surface area contributed by atoms with Gasteiger partial charge in [-0.05, 0) is 25.7 Å². The Morgan fingerprint density at radius 2 is 1.90 bits per heavy atom. The average Bonchev–Trinajstić information content (AvgIpc) is 2.85. The van der Waals surface area contributed by atoms with Gasteiger partial charge in [0.2, 0.25) is 0 Å². The van der Waals surface area contributed by atoms with E-state index in [2.05, 4.69) is 13.8 Å². The number of aliphatic carboxylic acids is 1. The molecule has 0 spiro atoms. The van der Waals surface area contributed by atoms with Crippen LogP contribution < -0.4 is 0 Å². The van der Waals surface area contributed by atoms with Crippen molar-refractivity contribution >= 4 is 12.0 Å². The molecule has 5 heteroatoms. The Labute approximate surface area is 121 Å². The highest BCUT2D eigenvalue weighted by atomic mass is 16.4. The fourth-order valence-corrected chi connectivity index (χ4v) is 3.22. The summed E-state index contributed by atoms with van der Waals surface area (Å²) in [5.74, 6) is -0.764. The van der Waals surface area contributed by atoms with Crippen molar-refractivity contribution < 1.29 is 14.7 Å². The molecule has 0 bridgehead atoms. The molecule has 1 heterocycles. The van der Waals surface area contributed by atoms with E-state index in [-0.39, 0.29) is 12.1 Å². The third kappa shape index (κ3) is 3.25. The first-order chi connectivity index (χ1) is 9.41. The third-order valence-electron chi connectivity index (χ3n) is 4.60. The molecule has 1 unspecified atom stereocenters. The van der Waals surface area contributed by atoms with E-state index in [4.69, 9.17) is 0 Å². The minimum absolute atomic E-state index is 0.0297. The molecule has 1 aliphatic rings. The largest absolute Gasteiger partial charge is 0.481 e. The Balaban J connectivity index is 2.75. The van der Waals surface area contributed by atoms with E-state index in [9.17, 15) is 14.7 Å². The van der Waals surface area contributed by atoms with Crippen molar-refractivity contribution in [1.82, 2.24) is 9.80 Å². The number of hydrogen-bond donors (Lipinski definition) is 1. The Hall–Kier alpha value is -1.26. The van der Waals surface area contributed by atoms with E-state index >= 15 is 0 Å². The van der Waals surface area contributed by atoms with E-state index in [1.165, 1.54) is 0 Å². The molecule has 116 valence electrons. The van der Waals surface area contributed by atoms with Crippen molar-refractivity contribution in [2.75, 3.05) is 20.1 Å². The molecule has 1 N–H and O–H groups in total. The van der Waals surface area contributed by atoms with Crippen molar-refractivity contribution in [2.45, 2.75) is 58.9 Å². The van der Waals surface area contributed by atoms with Crippen molar-refractivity contribution in [3.05, 3.63) is 0 Å². The summed E-state index contributed by atoms with van der Waals surface area (Å²) >= 11 is 0. The van der Waals surface area contributed by atoms with Gasteiger partial charge in [-0.3, -0.25) is 4.79 Å². The molecule has 0 aromatic rings. The lowest BCUT2D eigenvalue weighted by atomic mass is 9.83. The second-order valence-corrected chi connectivity index (χ2v) is 5.87. The van der Waals surface area contributed by atoms with E-state index in [0.29, 0.717) is 25.9 Å². The molecular weight excluding hydrogens is 256 g/mol. The van der Waals surface area contributed by atoms with E-state index < -0.39 is 11.4 Å². The van der Waals surface area contributed by atoms with Crippen LogP contribution in [0.1, 0.15) is 52.9 Å². The van der Waals surface area contributed by atoms with Gasteiger partial charge in [-0.25, -0.2) is 4.79 Å². The van der Waals surface area contributed by atoms with E-state index in [0.717, 1.165) is 19.3 Å². The lowest BCUT2D eigenvalue weighted by molar-refractivity contribution is -0.148. The van der Waals surface area contributed by atoms with Gasteiger partial charge >= 0.3 is 12.0 Å². The molecule has 0 saturated carbocycles. The van der Waals surface area contributed by atoms with Crippen molar-refractivity contribution in [1.29, 1.82) is 0 Å². The summed E-state index contributed by atoms with van der Waals surface area (Å²) in [4.78, 5) is 27.5. The second-order valence-electron chi connectivity index (χ2n) is 5.87. The molecule has 0 aromatic heterocycles. The quantitative estimate of drug-likeness (QED) is 0.816. The molecule has 5 nitrogen and oxygen atoms in total. The number of carboxylic acids is 1. The number of hydrogen-bond acceptors (Lipinski definition) is 2. The smallest absolute Gasteiger partial charge is 0.320 e. The summed E-state index contributed by atoms with van der Waals surface area (Å²) in [6.07, 6.45) is 3.88. The van der Waals surface area contributed by atoms with Gasteiger partial charge < -0.3 is 14.9 Å². The molecule has 1 aliphatic heterocycles. The lowest BCUT2D eigenvalue weighted by Gasteiger charge is -2.31. The van der Waals surface area contributed by atoms with Gasteiger partial charge in [-0.2, -0.15) is 0 Å². The molecule has 1 fully saturated rings. The van der Waals surface area contributed by atoms with Gasteiger partial charge in [0.05, 0.1) is 5.41 Å². The molecule has 0 aliphatic carbocycles. The van der Waals surface area contributed by atoms with Crippen LogP contribution >= 0.6 is 0 Å². The maximum absolute atomic E-state index is 12.5. The SMILES string of the molecule is CCCC1(C(=O)O)CCN(C(=O)N(C)C(CC)CC)C1. The molecule has 1 atom stereocenters. The molecule has 20 heavy (non-hydrogen) atoms. The normalized spacial score (nSPS) is 22.4. The number of rotatable bonds is 6. The third-order valence-corrected chi connectivity index (χ3v) is 4.60. The molecule has 0 radical (unpaired) electrons. The average molecular weight is 284 g/mol. The first kappa shape index (κ1) is 16.8. The number of urea groups is 1. The van der Waals surface area contributed by atoms with Gasteiger partial charge in [-0.15, -0.1) is 0 Å². The minimum atomic E-state index is -0.764. The number of nitrogens with zero attached hydrogens (tertiary/aromatic N) is 2. The van der Waals surface area contributed by atoms with E-state index in [1.54, 1.807) is 9.80 Å². The van der Waals surface area contributed by atoms with E-state index in [1.807, 2.05) is 14.0 Å². The summed E-state index contributed by atoms with van der Waals surface area (Å²) in [6, 6.07) is 0.200. The zero-order valence-corrected chi connectivity index (χ0v) is 13.2. The van der Waals surface area contributed by atoms with Crippen LogP contribution in [0.25, 0.3) is 0 Å². The molecule has 2 amide bonds. The Bertz CT molecular complexity index is 355. The Morgan fingerprint density at radius 1 is 1.30 bits per heavy atom.